The lowest BCUT2D eigenvalue weighted by molar-refractivity contribution is -0.123. The van der Waals surface area contributed by atoms with Crippen LogP contribution in [-0.4, -0.2) is 56.5 Å². The van der Waals surface area contributed by atoms with Crippen LogP contribution in [0.25, 0.3) is 0 Å². The predicted octanol–water partition coefficient (Wildman–Crippen LogP) is 1.26. The summed E-state index contributed by atoms with van der Waals surface area (Å²) in [6.45, 7) is 6.08. The number of ether oxygens (including phenoxy) is 2. The number of hydrogen-bond acceptors (Lipinski definition) is 5. The largest absolute Gasteiger partial charge is 0.494 e. The average Bonchev–Trinajstić information content (AvgIpc) is 2.55. The van der Waals surface area contributed by atoms with Crippen molar-refractivity contribution in [1.82, 2.24) is 10.3 Å². The minimum absolute atomic E-state index is 0.110. The van der Waals surface area contributed by atoms with Crippen LogP contribution in [-0.2, 0) is 9.53 Å². The van der Waals surface area contributed by atoms with Gasteiger partial charge in [-0.15, -0.1) is 0 Å². The first-order chi connectivity index (χ1) is 10.8. The van der Waals surface area contributed by atoms with E-state index in [4.69, 9.17) is 9.47 Å². The maximum atomic E-state index is 11.7. The molecule has 1 aromatic rings. The number of nitrogens with zero attached hydrogens (tertiary/aromatic N) is 2. The van der Waals surface area contributed by atoms with E-state index < -0.39 is 0 Å². The minimum Gasteiger partial charge on any atom is -0.494 e. The lowest BCUT2D eigenvalue weighted by Gasteiger charge is -2.25. The highest BCUT2D eigenvalue weighted by atomic mass is 16.5. The normalized spacial score (nSPS) is 15.9. The molecule has 6 heteroatoms. The fraction of sp³-hybridized carbons (Fsp3) is 0.500. The van der Waals surface area contributed by atoms with Gasteiger partial charge in [0, 0.05) is 13.1 Å². The summed E-state index contributed by atoms with van der Waals surface area (Å²) < 4.78 is 10.7. The van der Waals surface area contributed by atoms with E-state index >= 15 is 0 Å². The van der Waals surface area contributed by atoms with Crippen molar-refractivity contribution in [3.63, 3.8) is 0 Å². The van der Waals surface area contributed by atoms with Crippen LogP contribution < -0.4 is 10.2 Å². The summed E-state index contributed by atoms with van der Waals surface area (Å²) in [5.74, 6) is 0.733. The Hall–Kier alpha value is -1.92. The Kier molecular flexibility index (Phi) is 6.86. The molecule has 0 atom stereocenters. The van der Waals surface area contributed by atoms with Gasteiger partial charge < -0.3 is 9.47 Å². The monoisotopic (exact) mass is 305 g/mol. The predicted molar refractivity (Wildman–Crippen MR) is 85.2 cm³/mol. The van der Waals surface area contributed by atoms with Gasteiger partial charge in [-0.1, -0.05) is 6.92 Å². The lowest BCUT2D eigenvalue weighted by Crippen LogP contribution is -2.42. The number of morpholine rings is 1. The first-order valence-corrected chi connectivity index (χ1v) is 7.63. The van der Waals surface area contributed by atoms with Gasteiger partial charge in [0.1, 0.15) is 5.75 Å². The number of carbonyl (C=O) groups excluding carboxylic acids is 1. The van der Waals surface area contributed by atoms with Crippen molar-refractivity contribution in [2.45, 2.75) is 13.3 Å². The summed E-state index contributed by atoms with van der Waals surface area (Å²) in [7, 11) is 0. The molecule has 22 heavy (non-hydrogen) atoms. The van der Waals surface area contributed by atoms with Gasteiger partial charge >= 0.3 is 0 Å². The quantitative estimate of drug-likeness (QED) is 0.608. The zero-order valence-electron chi connectivity index (χ0n) is 13.0. The molecule has 0 aliphatic carbocycles. The van der Waals surface area contributed by atoms with Gasteiger partial charge in [0.2, 0.25) is 0 Å². The topological polar surface area (TPSA) is 63.2 Å². The van der Waals surface area contributed by atoms with E-state index in [0.717, 1.165) is 30.8 Å². The second-order valence-electron chi connectivity index (χ2n) is 5.10. The molecule has 0 radical (unpaired) electrons. The van der Waals surface area contributed by atoms with Gasteiger partial charge in [0.05, 0.1) is 32.6 Å². The molecule has 1 amide bonds. The van der Waals surface area contributed by atoms with E-state index in [1.807, 2.05) is 29.2 Å². The Morgan fingerprint density at radius 2 is 2.09 bits per heavy atom. The molecule has 1 saturated heterocycles. The van der Waals surface area contributed by atoms with Crippen LogP contribution in [0.1, 0.15) is 18.9 Å². The summed E-state index contributed by atoms with van der Waals surface area (Å²) in [6, 6.07) is 7.60. The van der Waals surface area contributed by atoms with E-state index in [1.54, 1.807) is 6.21 Å². The molecule has 1 aliphatic rings. The first-order valence-electron chi connectivity index (χ1n) is 7.63. The Morgan fingerprint density at radius 3 is 2.77 bits per heavy atom. The van der Waals surface area contributed by atoms with Crippen molar-refractivity contribution in [1.29, 1.82) is 0 Å². The van der Waals surface area contributed by atoms with E-state index in [0.29, 0.717) is 26.4 Å². The zero-order chi connectivity index (χ0) is 15.6. The molecule has 1 heterocycles. The highest BCUT2D eigenvalue weighted by molar-refractivity contribution is 5.83. The van der Waals surface area contributed by atoms with Gasteiger partial charge in [-0.3, -0.25) is 9.69 Å². The Morgan fingerprint density at radius 1 is 1.36 bits per heavy atom. The molecule has 0 aromatic heterocycles. The fourth-order valence-electron chi connectivity index (χ4n) is 2.05. The second kappa shape index (κ2) is 9.17. The van der Waals surface area contributed by atoms with E-state index in [1.165, 1.54) is 0 Å². The highest BCUT2D eigenvalue weighted by Gasteiger charge is 2.13. The highest BCUT2D eigenvalue weighted by Crippen LogP contribution is 2.11. The zero-order valence-corrected chi connectivity index (χ0v) is 13.0. The molecule has 0 bridgehead atoms. The summed E-state index contributed by atoms with van der Waals surface area (Å²) in [5.41, 5.74) is 3.46. The van der Waals surface area contributed by atoms with Gasteiger partial charge in [-0.05, 0) is 36.2 Å². The molecule has 0 unspecified atom stereocenters. The number of nitrogens with one attached hydrogen (secondary N) is 1. The number of benzene rings is 1. The van der Waals surface area contributed by atoms with Crippen molar-refractivity contribution >= 4 is 12.1 Å². The Labute approximate surface area is 131 Å². The van der Waals surface area contributed by atoms with Crippen LogP contribution in [0.15, 0.2) is 29.4 Å². The van der Waals surface area contributed by atoms with Gasteiger partial charge in [-0.25, -0.2) is 5.43 Å². The summed E-state index contributed by atoms with van der Waals surface area (Å²) in [6.07, 6.45) is 2.61. The fourth-order valence-corrected chi connectivity index (χ4v) is 2.05. The third kappa shape index (κ3) is 5.83. The van der Waals surface area contributed by atoms with Crippen LogP contribution in [0.3, 0.4) is 0 Å². The van der Waals surface area contributed by atoms with Gasteiger partial charge in [0.25, 0.3) is 5.91 Å². The molecule has 1 aliphatic heterocycles. The molecule has 0 saturated carbocycles. The number of amides is 1. The number of rotatable bonds is 7. The molecule has 2 rings (SSSR count). The summed E-state index contributed by atoms with van der Waals surface area (Å²) in [5, 5.41) is 3.98. The smallest absolute Gasteiger partial charge is 0.254 e. The molecule has 1 aromatic carbocycles. The van der Waals surface area contributed by atoms with Crippen molar-refractivity contribution < 1.29 is 14.3 Å². The van der Waals surface area contributed by atoms with Crippen LogP contribution in [0, 0.1) is 0 Å². The third-order valence-electron chi connectivity index (χ3n) is 3.23. The third-order valence-corrected chi connectivity index (χ3v) is 3.23. The number of hydrogen-bond donors (Lipinski definition) is 1. The SMILES string of the molecule is CCCOc1ccc(/C=N\NC(=O)CN2CCOCC2)cc1. The Bertz CT molecular complexity index is 482. The van der Waals surface area contributed by atoms with Crippen molar-refractivity contribution in [2.24, 2.45) is 5.10 Å². The molecule has 1 N–H and O–H groups in total. The number of carbonyl (C=O) groups is 1. The van der Waals surface area contributed by atoms with E-state index in [-0.39, 0.29) is 5.91 Å². The summed E-state index contributed by atoms with van der Waals surface area (Å²) in [4.78, 5) is 13.8. The minimum atomic E-state index is -0.110. The maximum absolute atomic E-state index is 11.7. The van der Waals surface area contributed by atoms with Crippen LogP contribution in [0.4, 0.5) is 0 Å². The van der Waals surface area contributed by atoms with Crippen LogP contribution >= 0.6 is 0 Å². The number of hydrazone groups is 1. The van der Waals surface area contributed by atoms with Crippen molar-refractivity contribution in [3.8, 4) is 5.75 Å². The molecular weight excluding hydrogens is 282 g/mol. The average molecular weight is 305 g/mol. The van der Waals surface area contributed by atoms with Crippen LogP contribution in [0.5, 0.6) is 5.75 Å². The van der Waals surface area contributed by atoms with Gasteiger partial charge in [0.15, 0.2) is 0 Å². The van der Waals surface area contributed by atoms with Crippen molar-refractivity contribution in [2.75, 3.05) is 39.5 Å². The lowest BCUT2D eigenvalue weighted by atomic mass is 10.2. The molecule has 1 fully saturated rings. The first kappa shape index (κ1) is 16.5. The molecule has 120 valence electrons. The van der Waals surface area contributed by atoms with E-state index in [2.05, 4.69) is 17.5 Å². The molecule has 6 nitrogen and oxygen atoms in total. The maximum Gasteiger partial charge on any atom is 0.254 e. The molecule has 0 spiro atoms. The van der Waals surface area contributed by atoms with Crippen LogP contribution in [0.2, 0.25) is 0 Å². The molecular formula is C16H23N3O3. The second-order valence-corrected chi connectivity index (χ2v) is 5.10. The van der Waals surface area contributed by atoms with E-state index in [9.17, 15) is 4.79 Å². The Balaban J connectivity index is 1.72. The summed E-state index contributed by atoms with van der Waals surface area (Å²) >= 11 is 0. The van der Waals surface area contributed by atoms with Gasteiger partial charge in [-0.2, -0.15) is 5.10 Å². The standard InChI is InChI=1S/C16H23N3O3/c1-2-9-22-15-5-3-14(4-6-15)12-17-18-16(20)13-19-7-10-21-11-8-19/h3-6,12H,2,7-11,13H2,1H3,(H,18,20)/b17-12-. The van der Waals surface area contributed by atoms with Crippen molar-refractivity contribution in [3.05, 3.63) is 29.8 Å².